The molecule has 1 amide bonds. The number of rotatable bonds is 6. The van der Waals surface area contributed by atoms with E-state index in [1.807, 2.05) is 6.92 Å². The standard InChI is InChI=1S/C16H23N3O4/c1-2-18-9-13(15(17-18)11-3-4-11)16(22)19(10-14(20)21)12-5-7-23-8-6-12/h9,11-12H,2-8,10H2,1H3,(H,20,21). The zero-order valence-electron chi connectivity index (χ0n) is 13.4. The lowest BCUT2D eigenvalue weighted by Crippen LogP contribution is -2.46. The number of aliphatic carboxylic acids is 1. The van der Waals surface area contributed by atoms with E-state index in [0.717, 1.165) is 18.5 Å². The summed E-state index contributed by atoms with van der Waals surface area (Å²) in [5.74, 6) is -0.843. The number of hydrogen-bond acceptors (Lipinski definition) is 4. The maximum absolute atomic E-state index is 13.0. The molecule has 1 aliphatic carbocycles. The van der Waals surface area contributed by atoms with Gasteiger partial charge in [0.25, 0.3) is 5.91 Å². The average Bonchev–Trinajstić information content (AvgIpc) is 3.31. The van der Waals surface area contributed by atoms with Gasteiger partial charge in [-0.3, -0.25) is 14.3 Å². The van der Waals surface area contributed by atoms with Gasteiger partial charge >= 0.3 is 5.97 Å². The molecular weight excluding hydrogens is 298 g/mol. The Balaban J connectivity index is 1.87. The molecule has 1 N–H and O–H groups in total. The number of nitrogens with zero attached hydrogens (tertiary/aromatic N) is 3. The van der Waals surface area contributed by atoms with Crippen molar-refractivity contribution >= 4 is 11.9 Å². The third-order valence-corrected chi connectivity index (χ3v) is 4.51. The zero-order chi connectivity index (χ0) is 16.4. The number of hydrogen-bond donors (Lipinski definition) is 1. The van der Waals surface area contributed by atoms with E-state index in [0.29, 0.717) is 44.1 Å². The normalized spacial score (nSPS) is 18.8. The molecule has 1 aromatic rings. The maximum atomic E-state index is 13.0. The minimum atomic E-state index is -0.985. The van der Waals surface area contributed by atoms with Crippen LogP contribution < -0.4 is 0 Å². The summed E-state index contributed by atoms with van der Waals surface area (Å²) in [7, 11) is 0. The first-order chi connectivity index (χ1) is 11.1. The second-order valence-corrected chi connectivity index (χ2v) is 6.23. The quantitative estimate of drug-likeness (QED) is 0.858. The minimum Gasteiger partial charge on any atom is -0.480 e. The van der Waals surface area contributed by atoms with Gasteiger partial charge < -0.3 is 14.7 Å². The van der Waals surface area contributed by atoms with Gasteiger partial charge in [0, 0.05) is 37.9 Å². The van der Waals surface area contributed by atoms with Crippen molar-refractivity contribution < 1.29 is 19.4 Å². The van der Waals surface area contributed by atoms with E-state index in [2.05, 4.69) is 5.10 Å². The summed E-state index contributed by atoms with van der Waals surface area (Å²) in [5, 5.41) is 13.7. The molecule has 0 radical (unpaired) electrons. The molecule has 1 aromatic heterocycles. The van der Waals surface area contributed by atoms with E-state index in [1.165, 1.54) is 4.90 Å². The highest BCUT2D eigenvalue weighted by Gasteiger charge is 2.35. The number of aryl methyl sites for hydroxylation is 1. The molecule has 3 rings (SSSR count). The Morgan fingerprint density at radius 3 is 2.61 bits per heavy atom. The molecular formula is C16H23N3O4. The van der Waals surface area contributed by atoms with E-state index in [4.69, 9.17) is 4.74 Å². The van der Waals surface area contributed by atoms with Gasteiger partial charge in [0.2, 0.25) is 0 Å². The van der Waals surface area contributed by atoms with Gasteiger partial charge in [-0.15, -0.1) is 0 Å². The fourth-order valence-corrected chi connectivity index (χ4v) is 3.09. The van der Waals surface area contributed by atoms with Crippen LogP contribution in [0.2, 0.25) is 0 Å². The van der Waals surface area contributed by atoms with Gasteiger partial charge in [-0.1, -0.05) is 0 Å². The van der Waals surface area contributed by atoms with E-state index in [9.17, 15) is 14.7 Å². The molecule has 2 fully saturated rings. The van der Waals surface area contributed by atoms with Crippen LogP contribution in [0.25, 0.3) is 0 Å². The largest absolute Gasteiger partial charge is 0.480 e. The number of ether oxygens (including phenoxy) is 1. The van der Waals surface area contributed by atoms with Crippen LogP contribution >= 0.6 is 0 Å². The number of aromatic nitrogens is 2. The van der Waals surface area contributed by atoms with Gasteiger partial charge in [-0.05, 0) is 32.6 Å². The number of amides is 1. The number of carboxylic acid groups (broad SMARTS) is 1. The lowest BCUT2D eigenvalue weighted by atomic mass is 10.0. The number of carboxylic acids is 1. The maximum Gasteiger partial charge on any atom is 0.323 e. The summed E-state index contributed by atoms with van der Waals surface area (Å²) in [6.07, 6.45) is 5.23. The monoisotopic (exact) mass is 321 g/mol. The van der Waals surface area contributed by atoms with Crippen LogP contribution in [0.1, 0.15) is 54.6 Å². The predicted octanol–water partition coefficient (Wildman–Crippen LogP) is 1.49. The minimum absolute atomic E-state index is 0.0793. The van der Waals surface area contributed by atoms with E-state index >= 15 is 0 Å². The van der Waals surface area contributed by atoms with Crippen LogP contribution in [0.5, 0.6) is 0 Å². The van der Waals surface area contributed by atoms with E-state index in [1.54, 1.807) is 10.9 Å². The Morgan fingerprint density at radius 2 is 2.04 bits per heavy atom. The molecule has 0 bridgehead atoms. The van der Waals surface area contributed by atoms with Gasteiger partial charge in [-0.25, -0.2) is 0 Å². The van der Waals surface area contributed by atoms with Crippen LogP contribution in [0, 0.1) is 0 Å². The number of carbonyl (C=O) groups is 2. The van der Waals surface area contributed by atoms with Gasteiger partial charge in [0.15, 0.2) is 0 Å². The van der Waals surface area contributed by atoms with Crippen molar-refractivity contribution in [3.05, 3.63) is 17.5 Å². The summed E-state index contributed by atoms with van der Waals surface area (Å²) < 4.78 is 7.10. The molecule has 1 saturated heterocycles. The second kappa shape index (κ2) is 6.70. The molecule has 23 heavy (non-hydrogen) atoms. The summed E-state index contributed by atoms with van der Waals surface area (Å²) in [6, 6.07) is -0.0793. The van der Waals surface area contributed by atoms with E-state index < -0.39 is 5.97 Å². The predicted molar refractivity (Wildman–Crippen MR) is 82.4 cm³/mol. The Bertz CT molecular complexity index is 588. The summed E-state index contributed by atoms with van der Waals surface area (Å²) >= 11 is 0. The highest BCUT2D eigenvalue weighted by Crippen LogP contribution is 2.41. The van der Waals surface area contributed by atoms with Crippen LogP contribution in [-0.4, -0.2) is 57.5 Å². The summed E-state index contributed by atoms with van der Waals surface area (Å²) in [4.78, 5) is 25.8. The van der Waals surface area contributed by atoms with Crippen LogP contribution in [0.3, 0.4) is 0 Å². The zero-order valence-corrected chi connectivity index (χ0v) is 13.4. The van der Waals surface area contributed by atoms with Crippen molar-refractivity contribution in [2.45, 2.75) is 51.1 Å². The van der Waals surface area contributed by atoms with Crippen LogP contribution in [0.4, 0.5) is 0 Å². The molecule has 0 unspecified atom stereocenters. The molecule has 0 spiro atoms. The van der Waals surface area contributed by atoms with Crippen molar-refractivity contribution in [2.24, 2.45) is 0 Å². The summed E-state index contributed by atoms with van der Waals surface area (Å²) in [6.45, 7) is 3.54. The molecule has 2 heterocycles. The molecule has 126 valence electrons. The first-order valence-corrected chi connectivity index (χ1v) is 8.28. The molecule has 1 aliphatic heterocycles. The smallest absolute Gasteiger partial charge is 0.323 e. The topological polar surface area (TPSA) is 84.7 Å². The van der Waals surface area contributed by atoms with E-state index in [-0.39, 0.29) is 18.5 Å². The van der Waals surface area contributed by atoms with Gasteiger partial charge in [0.05, 0.1) is 11.3 Å². The molecule has 2 aliphatic rings. The lowest BCUT2D eigenvalue weighted by Gasteiger charge is -2.33. The Kier molecular flexibility index (Phi) is 4.66. The van der Waals surface area contributed by atoms with Crippen LogP contribution in [0.15, 0.2) is 6.20 Å². The molecule has 7 nitrogen and oxygen atoms in total. The third-order valence-electron chi connectivity index (χ3n) is 4.51. The SMILES string of the molecule is CCn1cc(C(=O)N(CC(=O)O)C2CCOCC2)c(C2CC2)n1. The first-order valence-electron chi connectivity index (χ1n) is 8.28. The molecule has 0 aromatic carbocycles. The van der Waals surface area contributed by atoms with Crippen molar-refractivity contribution in [3.63, 3.8) is 0 Å². The van der Waals surface area contributed by atoms with Crippen molar-refractivity contribution in [1.82, 2.24) is 14.7 Å². The molecule has 0 atom stereocenters. The van der Waals surface area contributed by atoms with Crippen molar-refractivity contribution in [2.75, 3.05) is 19.8 Å². The highest BCUT2D eigenvalue weighted by atomic mass is 16.5. The fourth-order valence-electron chi connectivity index (χ4n) is 3.09. The van der Waals surface area contributed by atoms with Crippen molar-refractivity contribution in [3.8, 4) is 0 Å². The van der Waals surface area contributed by atoms with Gasteiger partial charge in [-0.2, -0.15) is 5.10 Å². The second-order valence-electron chi connectivity index (χ2n) is 6.23. The molecule has 1 saturated carbocycles. The Hall–Kier alpha value is -1.89. The first kappa shape index (κ1) is 16.0. The fraction of sp³-hybridized carbons (Fsp3) is 0.688. The number of carbonyl (C=O) groups excluding carboxylic acids is 1. The average molecular weight is 321 g/mol. The van der Waals surface area contributed by atoms with Crippen LogP contribution in [-0.2, 0) is 16.1 Å². The Labute approximate surface area is 135 Å². The highest BCUT2D eigenvalue weighted by molar-refractivity contribution is 5.97. The van der Waals surface area contributed by atoms with Gasteiger partial charge in [0.1, 0.15) is 6.54 Å². The molecule has 7 heteroatoms. The lowest BCUT2D eigenvalue weighted by molar-refractivity contribution is -0.138. The Morgan fingerprint density at radius 1 is 1.35 bits per heavy atom. The third kappa shape index (κ3) is 3.55. The van der Waals surface area contributed by atoms with Crippen molar-refractivity contribution in [1.29, 1.82) is 0 Å². The summed E-state index contributed by atoms with van der Waals surface area (Å²) in [5.41, 5.74) is 1.40.